The second-order valence-corrected chi connectivity index (χ2v) is 7.13. The average Bonchev–Trinajstić information content (AvgIpc) is 3.07. The zero-order valence-corrected chi connectivity index (χ0v) is 16.6. The van der Waals surface area contributed by atoms with Gasteiger partial charge in [-0.25, -0.2) is 0 Å². The van der Waals surface area contributed by atoms with E-state index in [1.165, 1.54) is 11.8 Å². The molecule has 0 fully saturated rings. The lowest BCUT2D eigenvalue weighted by atomic mass is 10.1. The number of benzene rings is 2. The molecule has 0 aliphatic heterocycles. The summed E-state index contributed by atoms with van der Waals surface area (Å²) in [5.74, 6) is 1.39. The van der Waals surface area contributed by atoms with E-state index in [1.807, 2.05) is 66.1 Å². The number of amides is 1. The Labute approximate surface area is 168 Å². The van der Waals surface area contributed by atoms with Crippen LogP contribution in [0.3, 0.4) is 0 Å². The van der Waals surface area contributed by atoms with Crippen molar-refractivity contribution < 1.29 is 9.53 Å². The number of nitrogens with one attached hydrogen (secondary N) is 1. The van der Waals surface area contributed by atoms with Gasteiger partial charge in [-0.15, -0.1) is 16.8 Å². The molecule has 3 rings (SSSR count). The molecule has 0 bridgehead atoms. The van der Waals surface area contributed by atoms with Gasteiger partial charge in [0, 0.05) is 12.2 Å². The smallest absolute Gasteiger partial charge is 0.242 e. The fourth-order valence-electron chi connectivity index (χ4n) is 2.68. The molecule has 0 radical (unpaired) electrons. The van der Waals surface area contributed by atoms with Crippen LogP contribution < -0.4 is 10.1 Å². The number of nitrogens with zero attached hydrogens (tertiary/aromatic N) is 3. The Morgan fingerprint density at radius 1 is 1.21 bits per heavy atom. The number of ether oxygens (including phenoxy) is 1. The standard InChI is InChI=1S/C21H22N4O2S/c1-4-14-25-15(2)23-24-21(25)28-19(16-8-6-5-7-9-16)20(26)22-17-10-12-18(27-3)13-11-17/h4-13,19H,1,14H2,2-3H3,(H,22,26). The maximum absolute atomic E-state index is 13.1. The van der Waals surface area contributed by atoms with E-state index in [2.05, 4.69) is 22.1 Å². The molecule has 0 aliphatic rings. The van der Waals surface area contributed by atoms with E-state index < -0.39 is 5.25 Å². The monoisotopic (exact) mass is 394 g/mol. The highest BCUT2D eigenvalue weighted by atomic mass is 32.2. The molecule has 1 heterocycles. The zero-order chi connectivity index (χ0) is 19.9. The van der Waals surface area contributed by atoms with E-state index in [1.54, 1.807) is 13.2 Å². The minimum Gasteiger partial charge on any atom is -0.497 e. The van der Waals surface area contributed by atoms with Gasteiger partial charge in [0.05, 0.1) is 7.11 Å². The van der Waals surface area contributed by atoms with Crippen molar-refractivity contribution in [3.63, 3.8) is 0 Å². The van der Waals surface area contributed by atoms with Crippen molar-refractivity contribution in [1.29, 1.82) is 0 Å². The lowest BCUT2D eigenvalue weighted by Crippen LogP contribution is -2.19. The normalized spacial score (nSPS) is 11.6. The average molecular weight is 395 g/mol. The molecule has 1 unspecified atom stereocenters. The maximum atomic E-state index is 13.1. The van der Waals surface area contributed by atoms with Gasteiger partial charge in [0.25, 0.3) is 0 Å². The predicted molar refractivity (Wildman–Crippen MR) is 112 cm³/mol. The molecule has 1 N–H and O–H groups in total. The minimum atomic E-state index is -0.476. The highest BCUT2D eigenvalue weighted by Crippen LogP contribution is 2.35. The number of methoxy groups -OCH3 is 1. The second-order valence-electron chi connectivity index (χ2n) is 6.06. The van der Waals surface area contributed by atoms with Crippen molar-refractivity contribution in [2.24, 2.45) is 0 Å². The van der Waals surface area contributed by atoms with Crippen molar-refractivity contribution in [2.75, 3.05) is 12.4 Å². The number of aromatic nitrogens is 3. The molecule has 1 aromatic heterocycles. The molecule has 0 saturated carbocycles. The van der Waals surface area contributed by atoms with Gasteiger partial charge >= 0.3 is 0 Å². The van der Waals surface area contributed by atoms with Crippen molar-refractivity contribution >= 4 is 23.4 Å². The number of hydrogen-bond acceptors (Lipinski definition) is 5. The van der Waals surface area contributed by atoms with E-state index in [0.29, 0.717) is 17.4 Å². The molecule has 144 valence electrons. The Morgan fingerprint density at radius 3 is 2.57 bits per heavy atom. The van der Waals surface area contributed by atoms with Crippen LogP contribution in [0.2, 0.25) is 0 Å². The highest BCUT2D eigenvalue weighted by molar-refractivity contribution is 8.00. The molecule has 1 atom stereocenters. The lowest BCUT2D eigenvalue weighted by Gasteiger charge is -2.17. The molecular formula is C21H22N4O2S. The largest absolute Gasteiger partial charge is 0.497 e. The number of carbonyl (C=O) groups excluding carboxylic acids is 1. The summed E-state index contributed by atoms with van der Waals surface area (Å²) < 4.78 is 7.10. The van der Waals surface area contributed by atoms with Crippen LogP contribution in [0, 0.1) is 6.92 Å². The Hall–Kier alpha value is -3.06. The Kier molecular flexibility index (Phi) is 6.49. The summed E-state index contributed by atoms with van der Waals surface area (Å²) in [6, 6.07) is 16.9. The summed E-state index contributed by atoms with van der Waals surface area (Å²) in [7, 11) is 1.61. The maximum Gasteiger partial charge on any atom is 0.242 e. The molecule has 0 saturated heterocycles. The van der Waals surface area contributed by atoms with Crippen LogP contribution in [0.1, 0.15) is 16.6 Å². The lowest BCUT2D eigenvalue weighted by molar-refractivity contribution is -0.115. The predicted octanol–water partition coefficient (Wildman–Crippen LogP) is 4.25. The van der Waals surface area contributed by atoms with E-state index in [-0.39, 0.29) is 5.91 Å². The van der Waals surface area contributed by atoms with E-state index in [9.17, 15) is 4.79 Å². The number of thioether (sulfide) groups is 1. The van der Waals surface area contributed by atoms with Gasteiger partial charge in [0.2, 0.25) is 5.91 Å². The van der Waals surface area contributed by atoms with Gasteiger partial charge in [-0.1, -0.05) is 48.2 Å². The van der Waals surface area contributed by atoms with Crippen LogP contribution in [0.25, 0.3) is 0 Å². The van der Waals surface area contributed by atoms with Crippen LogP contribution in [0.5, 0.6) is 5.75 Å². The Balaban J connectivity index is 1.86. The van der Waals surface area contributed by atoms with Crippen LogP contribution in [-0.4, -0.2) is 27.8 Å². The van der Waals surface area contributed by atoms with Crippen LogP contribution >= 0.6 is 11.8 Å². The number of allylic oxidation sites excluding steroid dienone is 1. The summed E-state index contributed by atoms with van der Waals surface area (Å²) in [4.78, 5) is 13.1. The Morgan fingerprint density at radius 2 is 1.93 bits per heavy atom. The number of carbonyl (C=O) groups is 1. The quantitative estimate of drug-likeness (QED) is 0.457. The molecule has 2 aromatic carbocycles. The van der Waals surface area contributed by atoms with Gasteiger partial charge in [0.15, 0.2) is 5.16 Å². The molecule has 6 nitrogen and oxygen atoms in total. The zero-order valence-electron chi connectivity index (χ0n) is 15.8. The first-order chi connectivity index (χ1) is 13.6. The topological polar surface area (TPSA) is 69.0 Å². The summed E-state index contributed by atoms with van der Waals surface area (Å²) in [5.41, 5.74) is 1.60. The third-order valence-electron chi connectivity index (χ3n) is 4.13. The number of rotatable bonds is 8. The molecule has 3 aromatic rings. The van der Waals surface area contributed by atoms with Crippen LogP contribution in [0.15, 0.2) is 72.4 Å². The van der Waals surface area contributed by atoms with Crippen molar-refractivity contribution in [1.82, 2.24) is 14.8 Å². The number of aryl methyl sites for hydroxylation is 1. The molecule has 0 aliphatic carbocycles. The third-order valence-corrected chi connectivity index (χ3v) is 5.37. The molecular weight excluding hydrogens is 372 g/mol. The van der Waals surface area contributed by atoms with Crippen molar-refractivity contribution in [3.05, 3.63) is 78.6 Å². The van der Waals surface area contributed by atoms with E-state index >= 15 is 0 Å². The second kappa shape index (κ2) is 9.23. The SMILES string of the molecule is C=CCn1c(C)nnc1SC(C(=O)Nc1ccc(OC)cc1)c1ccccc1. The summed E-state index contributed by atoms with van der Waals surface area (Å²) in [6.07, 6.45) is 1.79. The summed E-state index contributed by atoms with van der Waals surface area (Å²) in [6.45, 7) is 6.26. The van der Waals surface area contributed by atoms with Gasteiger partial charge in [-0.3, -0.25) is 4.79 Å². The van der Waals surface area contributed by atoms with Crippen molar-refractivity contribution in [2.45, 2.75) is 23.9 Å². The molecule has 0 spiro atoms. The third kappa shape index (κ3) is 4.61. The van der Waals surface area contributed by atoms with Gasteiger partial charge in [0.1, 0.15) is 16.8 Å². The summed E-state index contributed by atoms with van der Waals surface area (Å²) in [5, 5.41) is 11.6. The molecule has 28 heavy (non-hydrogen) atoms. The number of anilines is 1. The molecule has 7 heteroatoms. The fourth-order valence-corrected chi connectivity index (χ4v) is 3.77. The van der Waals surface area contributed by atoms with Gasteiger partial charge in [-0.2, -0.15) is 0 Å². The van der Waals surface area contributed by atoms with E-state index in [4.69, 9.17) is 4.74 Å². The van der Waals surface area contributed by atoms with Gasteiger partial charge < -0.3 is 14.6 Å². The minimum absolute atomic E-state index is 0.132. The first kappa shape index (κ1) is 19.7. The Bertz CT molecular complexity index is 939. The van der Waals surface area contributed by atoms with Crippen LogP contribution in [0.4, 0.5) is 5.69 Å². The fraction of sp³-hybridized carbons (Fsp3) is 0.190. The molecule has 1 amide bonds. The first-order valence-corrected chi connectivity index (χ1v) is 9.67. The van der Waals surface area contributed by atoms with Crippen molar-refractivity contribution in [3.8, 4) is 5.75 Å². The van der Waals surface area contributed by atoms with E-state index in [0.717, 1.165) is 17.1 Å². The van der Waals surface area contributed by atoms with Gasteiger partial charge in [-0.05, 0) is 36.8 Å². The van der Waals surface area contributed by atoms with Crippen LogP contribution in [-0.2, 0) is 11.3 Å². The summed E-state index contributed by atoms with van der Waals surface area (Å²) >= 11 is 1.37. The first-order valence-electron chi connectivity index (χ1n) is 8.79. The number of hydrogen-bond donors (Lipinski definition) is 1. The highest BCUT2D eigenvalue weighted by Gasteiger charge is 2.25.